The topological polar surface area (TPSA) is 79.5 Å². The van der Waals surface area contributed by atoms with Crippen molar-refractivity contribution in [3.8, 4) is 5.75 Å². The maximum absolute atomic E-state index is 12.3. The van der Waals surface area contributed by atoms with Crippen LogP contribution in [0.2, 0.25) is 5.02 Å². The van der Waals surface area contributed by atoms with Gasteiger partial charge < -0.3 is 15.4 Å². The number of rotatable bonds is 8. The summed E-state index contributed by atoms with van der Waals surface area (Å²) in [5.41, 5.74) is 1.72. The van der Waals surface area contributed by atoms with Crippen molar-refractivity contribution in [1.82, 2.24) is 16.0 Å². The van der Waals surface area contributed by atoms with Crippen molar-refractivity contribution in [2.75, 3.05) is 7.11 Å². The highest BCUT2D eigenvalue weighted by Crippen LogP contribution is 2.21. The highest BCUT2D eigenvalue weighted by molar-refractivity contribution is 7.99. The maximum Gasteiger partial charge on any atom is 0.223 e. The molecule has 0 spiro atoms. The molecule has 0 bridgehead atoms. The Morgan fingerprint density at radius 1 is 1.28 bits per heavy atom. The number of ether oxygens (including phenoxy) is 1. The Bertz CT molecular complexity index is 865. The zero-order valence-corrected chi connectivity index (χ0v) is 17.7. The number of methoxy groups -OCH3 is 1. The van der Waals surface area contributed by atoms with Crippen LogP contribution in [0.5, 0.6) is 5.75 Å². The number of carbonyl (C=O) groups excluding carboxylic acids is 2. The Labute approximate surface area is 179 Å². The van der Waals surface area contributed by atoms with Crippen LogP contribution in [0.25, 0.3) is 0 Å². The summed E-state index contributed by atoms with van der Waals surface area (Å²) < 4.78 is 5.24. The molecule has 2 amide bonds. The first-order chi connectivity index (χ1) is 14.0. The van der Waals surface area contributed by atoms with Crippen molar-refractivity contribution in [2.24, 2.45) is 0 Å². The third kappa shape index (κ3) is 6.66. The Hall–Kier alpha value is -2.22. The fourth-order valence-electron chi connectivity index (χ4n) is 3.04. The van der Waals surface area contributed by atoms with Crippen LogP contribution in [-0.2, 0) is 21.9 Å². The molecular weight excluding hydrogens is 410 g/mol. The van der Waals surface area contributed by atoms with Gasteiger partial charge in [0.25, 0.3) is 0 Å². The third-order valence-electron chi connectivity index (χ3n) is 4.53. The number of thioether (sulfide) groups is 1. The molecule has 2 unspecified atom stereocenters. The number of halogens is 1. The SMILES string of the molecule is COc1cccc(CSC2NC(=O)CC(CC(=O)NCc3ccccc3Cl)N2)c1. The molecule has 0 saturated carbocycles. The number of hydrogen-bond donors (Lipinski definition) is 3. The van der Waals surface area contributed by atoms with E-state index in [2.05, 4.69) is 16.0 Å². The van der Waals surface area contributed by atoms with E-state index in [9.17, 15) is 9.59 Å². The van der Waals surface area contributed by atoms with E-state index in [1.165, 1.54) is 0 Å². The number of hydrogen-bond acceptors (Lipinski definition) is 5. The minimum absolute atomic E-state index is 0.0594. The van der Waals surface area contributed by atoms with E-state index in [0.29, 0.717) is 17.3 Å². The van der Waals surface area contributed by atoms with Gasteiger partial charge in [-0.1, -0.05) is 41.9 Å². The second kappa shape index (κ2) is 10.5. The molecule has 29 heavy (non-hydrogen) atoms. The Kier molecular flexibility index (Phi) is 7.80. The van der Waals surface area contributed by atoms with Gasteiger partial charge in [0.2, 0.25) is 11.8 Å². The van der Waals surface area contributed by atoms with Gasteiger partial charge in [0.05, 0.1) is 7.11 Å². The van der Waals surface area contributed by atoms with Crippen molar-refractivity contribution < 1.29 is 14.3 Å². The van der Waals surface area contributed by atoms with Crippen LogP contribution >= 0.6 is 23.4 Å². The standard InChI is InChI=1S/C21H24ClN3O3S/c1-28-17-7-4-5-14(9-17)13-29-21-24-16(11-20(27)25-21)10-19(26)23-12-15-6-2-3-8-18(15)22/h2-9,16,21,24H,10-13H2,1H3,(H,23,26)(H,25,27). The molecule has 1 aliphatic rings. The average Bonchev–Trinajstić information content (AvgIpc) is 2.71. The molecule has 8 heteroatoms. The summed E-state index contributed by atoms with van der Waals surface area (Å²) in [4.78, 5) is 24.4. The van der Waals surface area contributed by atoms with Crippen molar-refractivity contribution in [3.05, 3.63) is 64.7 Å². The van der Waals surface area contributed by atoms with Gasteiger partial charge in [-0.3, -0.25) is 14.9 Å². The number of carbonyl (C=O) groups is 2. The van der Waals surface area contributed by atoms with Crippen LogP contribution < -0.4 is 20.7 Å². The van der Waals surface area contributed by atoms with Gasteiger partial charge in [0, 0.05) is 36.2 Å². The molecule has 2 atom stereocenters. The zero-order valence-electron chi connectivity index (χ0n) is 16.1. The first-order valence-corrected chi connectivity index (χ1v) is 10.8. The van der Waals surface area contributed by atoms with Crippen LogP contribution in [0.15, 0.2) is 48.5 Å². The van der Waals surface area contributed by atoms with E-state index >= 15 is 0 Å². The Balaban J connectivity index is 1.48. The minimum Gasteiger partial charge on any atom is -0.497 e. The Morgan fingerprint density at radius 2 is 2.10 bits per heavy atom. The molecule has 1 aliphatic heterocycles. The third-order valence-corrected chi connectivity index (χ3v) is 5.98. The van der Waals surface area contributed by atoms with Crippen LogP contribution in [0.3, 0.4) is 0 Å². The summed E-state index contributed by atoms with van der Waals surface area (Å²) in [5, 5.41) is 9.75. The lowest BCUT2D eigenvalue weighted by molar-refractivity contribution is -0.125. The van der Waals surface area contributed by atoms with E-state index in [4.69, 9.17) is 16.3 Å². The summed E-state index contributed by atoms with van der Waals surface area (Å²) in [7, 11) is 1.64. The van der Waals surface area contributed by atoms with E-state index in [1.54, 1.807) is 24.9 Å². The smallest absolute Gasteiger partial charge is 0.223 e. The summed E-state index contributed by atoms with van der Waals surface area (Å²) in [5.74, 6) is 1.34. The fourth-order valence-corrected chi connectivity index (χ4v) is 4.28. The normalized spacial score (nSPS) is 18.8. The van der Waals surface area contributed by atoms with Gasteiger partial charge in [-0.05, 0) is 29.3 Å². The molecular formula is C21H24ClN3O3S. The summed E-state index contributed by atoms with van der Waals surface area (Å²) in [6.45, 7) is 0.367. The van der Waals surface area contributed by atoms with Gasteiger partial charge in [-0.2, -0.15) is 0 Å². The second-order valence-electron chi connectivity index (χ2n) is 6.75. The molecule has 0 aromatic heterocycles. The zero-order chi connectivity index (χ0) is 20.6. The fraction of sp³-hybridized carbons (Fsp3) is 0.333. The lowest BCUT2D eigenvalue weighted by atomic mass is 10.1. The summed E-state index contributed by atoms with van der Waals surface area (Å²) in [6.07, 6.45) is 0.504. The Morgan fingerprint density at radius 3 is 2.90 bits per heavy atom. The van der Waals surface area contributed by atoms with Gasteiger partial charge in [-0.15, -0.1) is 11.8 Å². The molecule has 1 heterocycles. The molecule has 2 aromatic rings. The van der Waals surface area contributed by atoms with Gasteiger partial charge >= 0.3 is 0 Å². The van der Waals surface area contributed by atoms with Crippen LogP contribution in [0.1, 0.15) is 24.0 Å². The first-order valence-electron chi connectivity index (χ1n) is 9.33. The van der Waals surface area contributed by atoms with Crippen molar-refractivity contribution in [2.45, 2.75) is 36.7 Å². The lowest BCUT2D eigenvalue weighted by Crippen LogP contribution is -2.55. The number of amides is 2. The van der Waals surface area contributed by atoms with Gasteiger partial charge in [0.15, 0.2) is 0 Å². The molecule has 0 aliphatic carbocycles. The molecule has 154 valence electrons. The molecule has 0 radical (unpaired) electrons. The summed E-state index contributed by atoms with van der Waals surface area (Å²) >= 11 is 7.68. The lowest BCUT2D eigenvalue weighted by Gasteiger charge is -2.31. The largest absolute Gasteiger partial charge is 0.497 e. The van der Waals surface area contributed by atoms with Gasteiger partial charge in [-0.25, -0.2) is 0 Å². The predicted octanol–water partition coefficient (Wildman–Crippen LogP) is 3.05. The highest BCUT2D eigenvalue weighted by atomic mass is 35.5. The number of nitrogens with one attached hydrogen (secondary N) is 3. The quantitative estimate of drug-likeness (QED) is 0.596. The monoisotopic (exact) mass is 433 g/mol. The average molecular weight is 434 g/mol. The highest BCUT2D eigenvalue weighted by Gasteiger charge is 2.27. The maximum atomic E-state index is 12.3. The molecule has 6 nitrogen and oxygen atoms in total. The molecule has 1 saturated heterocycles. The van der Waals surface area contributed by atoms with Gasteiger partial charge in [0.1, 0.15) is 11.2 Å². The van der Waals surface area contributed by atoms with Crippen LogP contribution in [0, 0.1) is 0 Å². The van der Waals surface area contributed by atoms with E-state index in [0.717, 1.165) is 16.9 Å². The predicted molar refractivity (Wildman–Crippen MR) is 116 cm³/mol. The van der Waals surface area contributed by atoms with E-state index in [-0.39, 0.29) is 36.2 Å². The van der Waals surface area contributed by atoms with Crippen molar-refractivity contribution >= 4 is 35.2 Å². The van der Waals surface area contributed by atoms with Crippen molar-refractivity contribution in [3.63, 3.8) is 0 Å². The number of benzene rings is 2. The van der Waals surface area contributed by atoms with E-state index in [1.807, 2.05) is 42.5 Å². The molecule has 3 rings (SSSR count). The molecule has 1 fully saturated rings. The molecule has 2 aromatic carbocycles. The second-order valence-corrected chi connectivity index (χ2v) is 8.25. The minimum atomic E-state index is -0.246. The van der Waals surface area contributed by atoms with Crippen molar-refractivity contribution in [1.29, 1.82) is 0 Å². The molecule has 3 N–H and O–H groups in total. The van der Waals surface area contributed by atoms with Crippen LogP contribution in [-0.4, -0.2) is 30.5 Å². The summed E-state index contributed by atoms with van der Waals surface area (Å²) in [6, 6.07) is 15.0. The van der Waals surface area contributed by atoms with E-state index < -0.39 is 0 Å². The van der Waals surface area contributed by atoms with Crippen LogP contribution in [0.4, 0.5) is 0 Å². The first kappa shape index (κ1) is 21.5.